The standard InChI is InChI=1S/C53H59BN2.C53H61ClN2.2CH4/c1-34-29-47-49-48(30-34)56(44-26-21-37(51(5,6)7)31-41(44)35-17-15-14-16-18-35)46-28-23-39(53(11,12)13)33-43(46)54(49)42-32-38(52(8,9)10)22-27-45(42)55(47)40-24-19-36(20-25-40)50(2,3)4;1-35-31-46(55-45-29-25-40(52(8,9)10)33-43(45)37-19-21-38(22-20-37)50(2,3)4)49(54)48(32-35)56(42-27-23-39(24-28-42)51(5,6)7)47-30-26-41(53(11,12)13)34-44(47)36-17-15-14-16-18-36;;/h14-33H,1-13H3;14-34,55H,1-13H3;2*1H4. The molecule has 0 bridgehead atoms. The van der Waals surface area contributed by atoms with Crippen LogP contribution in [0.15, 0.2) is 249 Å². The Labute approximate surface area is 693 Å². The van der Waals surface area contributed by atoms with Gasteiger partial charge in [0.25, 0.3) is 6.71 Å². The van der Waals surface area contributed by atoms with Crippen LogP contribution in [0.1, 0.15) is 237 Å². The second kappa shape index (κ2) is 31.4. The third-order valence-electron chi connectivity index (χ3n) is 23.0. The van der Waals surface area contributed by atoms with Gasteiger partial charge in [-0.1, -0.05) is 344 Å². The number of nitrogens with zero attached hydrogens (tertiary/aromatic N) is 3. The molecule has 0 amide bonds. The Bertz CT molecular complexity index is 5460. The quantitative estimate of drug-likeness (QED) is 0.138. The number of halogens is 1. The topological polar surface area (TPSA) is 21.8 Å². The number of hydrogen-bond acceptors (Lipinski definition) is 4. The first-order valence-corrected chi connectivity index (χ1v) is 41.0. The van der Waals surface area contributed by atoms with E-state index in [1.165, 1.54) is 117 Å². The van der Waals surface area contributed by atoms with Crippen molar-refractivity contribution >= 4 is 97.3 Å². The monoisotopic (exact) mass is 1530 g/mol. The molecule has 1 N–H and O–H groups in total. The van der Waals surface area contributed by atoms with Crippen molar-refractivity contribution < 1.29 is 0 Å². The molecule has 14 rings (SSSR count). The summed E-state index contributed by atoms with van der Waals surface area (Å²) in [7, 11) is 0. The third kappa shape index (κ3) is 17.4. The summed E-state index contributed by atoms with van der Waals surface area (Å²) >= 11 is 7.70. The molecule has 12 aromatic rings. The lowest BCUT2D eigenvalue weighted by Crippen LogP contribution is -2.61. The lowest BCUT2D eigenvalue weighted by atomic mass is 9.33. The first kappa shape index (κ1) is 85.1. The first-order valence-electron chi connectivity index (χ1n) is 40.6. The van der Waals surface area contributed by atoms with Crippen LogP contribution in [0.3, 0.4) is 0 Å². The van der Waals surface area contributed by atoms with E-state index in [9.17, 15) is 0 Å². The Morgan fingerprint density at radius 2 is 0.640 bits per heavy atom. The summed E-state index contributed by atoms with van der Waals surface area (Å²) in [4.78, 5) is 7.49. The number of benzene rings is 12. The van der Waals surface area contributed by atoms with E-state index in [1.54, 1.807) is 0 Å². The van der Waals surface area contributed by atoms with Gasteiger partial charge in [-0.15, -0.1) is 0 Å². The molecule has 0 saturated heterocycles. The van der Waals surface area contributed by atoms with E-state index in [-0.39, 0.29) is 64.9 Å². The van der Waals surface area contributed by atoms with Gasteiger partial charge in [0.15, 0.2) is 0 Å². The van der Waals surface area contributed by atoms with Crippen LogP contribution >= 0.6 is 11.6 Å². The maximum Gasteiger partial charge on any atom is 0.252 e. The van der Waals surface area contributed by atoms with Crippen molar-refractivity contribution in [1.29, 1.82) is 0 Å². The fraction of sp³-hybridized carbons (Fsp3) is 0.333. The summed E-state index contributed by atoms with van der Waals surface area (Å²) in [6, 6.07) is 93.8. The molecule has 0 radical (unpaired) electrons. The van der Waals surface area contributed by atoms with E-state index < -0.39 is 0 Å². The van der Waals surface area contributed by atoms with Crippen molar-refractivity contribution in [1.82, 2.24) is 0 Å². The van der Waals surface area contributed by atoms with Crippen LogP contribution < -0.4 is 36.4 Å². The van der Waals surface area contributed by atoms with Gasteiger partial charge in [0.2, 0.25) is 0 Å². The van der Waals surface area contributed by atoms with Crippen LogP contribution in [-0.2, 0) is 43.3 Å². The highest BCUT2D eigenvalue weighted by Gasteiger charge is 2.45. The maximum atomic E-state index is 7.70. The smallest absolute Gasteiger partial charge is 0.252 e. The number of hydrogen-bond donors (Lipinski definition) is 1. The minimum Gasteiger partial charge on any atom is -0.354 e. The van der Waals surface area contributed by atoms with E-state index in [1.807, 2.05) is 0 Å². The maximum absolute atomic E-state index is 7.70. The lowest BCUT2D eigenvalue weighted by molar-refractivity contribution is 0.590. The first-order chi connectivity index (χ1) is 52.3. The fourth-order valence-corrected chi connectivity index (χ4v) is 16.2. The van der Waals surface area contributed by atoms with Gasteiger partial charge in [-0.2, -0.15) is 0 Å². The van der Waals surface area contributed by atoms with Gasteiger partial charge in [-0.3, -0.25) is 0 Å². The number of anilines is 11. The lowest BCUT2D eigenvalue weighted by Gasteiger charge is -2.45. The van der Waals surface area contributed by atoms with Crippen molar-refractivity contribution in [3.63, 3.8) is 0 Å². The average molecular weight is 1530 g/mol. The minimum absolute atomic E-state index is 0. The molecule has 2 aliphatic rings. The highest BCUT2D eigenvalue weighted by atomic mass is 35.5. The summed E-state index contributed by atoms with van der Waals surface area (Å²) < 4.78 is 0. The van der Waals surface area contributed by atoms with E-state index in [0.717, 1.165) is 50.7 Å². The molecular formula is C108H128BClN4. The molecule has 12 aromatic carbocycles. The normalized spacial score (nSPS) is 13.0. The van der Waals surface area contributed by atoms with Gasteiger partial charge >= 0.3 is 0 Å². The van der Waals surface area contributed by atoms with Gasteiger partial charge in [-0.25, -0.2) is 0 Å². The van der Waals surface area contributed by atoms with Crippen LogP contribution in [0, 0.1) is 13.8 Å². The van der Waals surface area contributed by atoms with Crippen LogP contribution in [0.4, 0.5) is 62.6 Å². The summed E-state index contributed by atoms with van der Waals surface area (Å²) in [5, 5.41) is 4.50. The third-order valence-corrected chi connectivity index (χ3v) is 23.4. The number of fused-ring (bicyclic) bond motifs is 4. The highest BCUT2D eigenvalue weighted by molar-refractivity contribution is 7.00. The summed E-state index contributed by atoms with van der Waals surface area (Å²) in [5.41, 5.74) is 36.6. The van der Waals surface area contributed by atoms with Crippen LogP contribution in [0.2, 0.25) is 5.02 Å². The number of aryl methyl sites for hydroxylation is 2. The van der Waals surface area contributed by atoms with Gasteiger partial charge in [-0.05, 0) is 243 Å². The van der Waals surface area contributed by atoms with Crippen molar-refractivity contribution in [2.24, 2.45) is 0 Å². The largest absolute Gasteiger partial charge is 0.354 e. The minimum atomic E-state index is -0.0212. The Morgan fingerprint density at radius 3 is 1.11 bits per heavy atom. The zero-order valence-electron chi connectivity index (χ0n) is 72.0. The molecule has 0 atom stereocenters. The average Bonchev–Trinajstić information content (AvgIpc) is 0.692. The Hall–Kier alpha value is -9.81. The van der Waals surface area contributed by atoms with Crippen LogP contribution in [0.25, 0.3) is 33.4 Å². The van der Waals surface area contributed by atoms with E-state index >= 15 is 0 Å². The zero-order chi connectivity index (χ0) is 80.9. The van der Waals surface area contributed by atoms with E-state index in [4.69, 9.17) is 11.6 Å². The van der Waals surface area contributed by atoms with Gasteiger partial charge in [0.1, 0.15) is 0 Å². The molecule has 0 aliphatic carbocycles. The van der Waals surface area contributed by atoms with Crippen molar-refractivity contribution in [3.8, 4) is 33.4 Å². The second-order valence-corrected chi connectivity index (χ2v) is 40.5. The molecule has 0 spiro atoms. The molecule has 0 unspecified atom stereocenters. The Balaban J connectivity index is 0.000000221. The fourth-order valence-electron chi connectivity index (χ4n) is 16.0. The van der Waals surface area contributed by atoms with Crippen LogP contribution in [0.5, 0.6) is 0 Å². The van der Waals surface area contributed by atoms with Crippen molar-refractivity contribution in [2.75, 3.05) is 20.0 Å². The Morgan fingerprint density at radius 1 is 0.289 bits per heavy atom. The number of rotatable bonds is 10. The molecule has 0 aromatic heterocycles. The summed E-state index contributed by atoms with van der Waals surface area (Å²) in [6.07, 6.45) is 0. The molecule has 6 heteroatoms. The van der Waals surface area contributed by atoms with E-state index in [0.29, 0.717) is 5.02 Å². The van der Waals surface area contributed by atoms with Gasteiger partial charge < -0.3 is 20.0 Å². The molecule has 590 valence electrons. The molecule has 114 heavy (non-hydrogen) atoms. The molecule has 2 aliphatic heterocycles. The van der Waals surface area contributed by atoms with Crippen molar-refractivity contribution in [3.05, 3.63) is 309 Å². The van der Waals surface area contributed by atoms with Crippen LogP contribution in [-0.4, -0.2) is 6.71 Å². The van der Waals surface area contributed by atoms with E-state index in [2.05, 4.69) is 449 Å². The van der Waals surface area contributed by atoms with Crippen molar-refractivity contribution in [2.45, 2.75) is 238 Å². The highest BCUT2D eigenvalue weighted by Crippen LogP contribution is 2.52. The summed E-state index contributed by atoms with van der Waals surface area (Å²) in [6.45, 7) is 59.5. The van der Waals surface area contributed by atoms with Gasteiger partial charge in [0, 0.05) is 56.5 Å². The van der Waals surface area contributed by atoms with Gasteiger partial charge in [0.05, 0.1) is 27.8 Å². The molecule has 0 fully saturated rings. The summed E-state index contributed by atoms with van der Waals surface area (Å²) in [5.74, 6) is 0. The second-order valence-electron chi connectivity index (χ2n) is 40.1. The SMILES string of the molecule is C.C.Cc1cc(Nc2ccc(C(C)(C)C)cc2-c2ccc(C(C)(C)C)cc2)c(Cl)c(N(c2ccc(C(C)(C)C)cc2)c2ccc(C(C)(C)C)cc2-c2ccccc2)c1.Cc1cc2c3c(c1)N(c1ccc(C(C)(C)C)cc1-c1ccccc1)c1ccc(C(C)(C)C)cc1B3c1cc(C(C)(C)C)ccc1N2c1ccc(C(C)(C)C)cc1. The number of nitrogens with one attached hydrogen (secondary N) is 1. The predicted octanol–water partition coefficient (Wildman–Crippen LogP) is 30.6. The molecule has 4 nitrogen and oxygen atoms in total. The Kier molecular flexibility index (Phi) is 23.5. The zero-order valence-corrected chi connectivity index (χ0v) is 72.7. The molecular weight excluding hydrogens is 1400 g/mol. The molecule has 0 saturated carbocycles. The predicted molar refractivity (Wildman–Crippen MR) is 505 cm³/mol. The molecule has 2 heterocycles.